The van der Waals surface area contributed by atoms with Crippen molar-refractivity contribution in [2.24, 2.45) is 5.92 Å². The Bertz CT molecular complexity index is 1280. The Morgan fingerprint density at radius 1 is 0.976 bits per heavy atom. The van der Waals surface area contributed by atoms with Gasteiger partial charge >= 0.3 is 5.97 Å². The number of hydrogen-bond acceptors (Lipinski definition) is 7. The zero-order chi connectivity index (χ0) is 29.4. The number of piperazine rings is 1. The summed E-state index contributed by atoms with van der Waals surface area (Å²) < 4.78 is 12.0. The molecule has 1 aromatic heterocycles. The van der Waals surface area contributed by atoms with Crippen LogP contribution >= 0.6 is 0 Å². The molecule has 0 unspecified atom stereocenters. The van der Waals surface area contributed by atoms with Crippen molar-refractivity contribution < 1.29 is 19.4 Å². The molecule has 220 valence electrons. The van der Waals surface area contributed by atoms with Crippen LogP contribution in [0.15, 0.2) is 48.7 Å². The molecule has 1 aliphatic heterocycles. The highest BCUT2D eigenvalue weighted by Crippen LogP contribution is 2.27. The summed E-state index contributed by atoms with van der Waals surface area (Å²) in [6, 6.07) is 14.4. The minimum absolute atomic E-state index is 0.165. The first-order valence-corrected chi connectivity index (χ1v) is 14.7. The Balaban J connectivity index is 1.31. The molecule has 0 atom stereocenters. The van der Waals surface area contributed by atoms with Crippen LogP contribution < -0.4 is 14.4 Å². The summed E-state index contributed by atoms with van der Waals surface area (Å²) in [5, 5.41) is 9.74. The van der Waals surface area contributed by atoms with Crippen LogP contribution in [0, 0.1) is 12.8 Å². The van der Waals surface area contributed by atoms with Gasteiger partial charge in [-0.25, -0.2) is 14.8 Å². The van der Waals surface area contributed by atoms with Crippen molar-refractivity contribution >= 4 is 11.9 Å². The first-order chi connectivity index (χ1) is 19.7. The number of aromatic nitrogens is 2. The summed E-state index contributed by atoms with van der Waals surface area (Å²) in [4.78, 5) is 25.6. The summed E-state index contributed by atoms with van der Waals surface area (Å²) >= 11 is 0. The van der Waals surface area contributed by atoms with Gasteiger partial charge in [-0.15, -0.1) is 0 Å². The van der Waals surface area contributed by atoms with Crippen molar-refractivity contribution in [3.05, 3.63) is 76.6 Å². The Hall–Kier alpha value is -3.65. The zero-order valence-corrected chi connectivity index (χ0v) is 25.1. The quantitative estimate of drug-likeness (QED) is 0.288. The van der Waals surface area contributed by atoms with Crippen LogP contribution in [0.4, 0.5) is 5.95 Å². The number of nitrogens with zero attached hydrogens (tertiary/aromatic N) is 4. The van der Waals surface area contributed by atoms with Gasteiger partial charge in [0.25, 0.3) is 0 Å². The number of anilines is 1. The SMILES string of the molecule is Cc1ccc(C(C)C)c(OCCN2CCN(c3ncc(C(=O)O)c(CCc4ccc(OCC(C)C)cc4)n3)CC2)c1. The van der Waals surface area contributed by atoms with Crippen LogP contribution in [-0.2, 0) is 12.8 Å². The van der Waals surface area contributed by atoms with E-state index in [2.05, 4.69) is 67.6 Å². The molecular weight excluding hydrogens is 516 g/mol. The normalized spacial score (nSPS) is 14.1. The van der Waals surface area contributed by atoms with Crippen LogP contribution in [0.1, 0.15) is 66.4 Å². The van der Waals surface area contributed by atoms with E-state index in [-0.39, 0.29) is 5.56 Å². The maximum atomic E-state index is 11.9. The van der Waals surface area contributed by atoms with Crippen LogP contribution in [0.5, 0.6) is 11.5 Å². The van der Waals surface area contributed by atoms with Gasteiger partial charge in [-0.2, -0.15) is 0 Å². The molecule has 3 aromatic rings. The van der Waals surface area contributed by atoms with Crippen LogP contribution in [0.2, 0.25) is 0 Å². The molecule has 1 aliphatic rings. The van der Waals surface area contributed by atoms with Crippen molar-refractivity contribution in [3.63, 3.8) is 0 Å². The number of hydrogen-bond donors (Lipinski definition) is 1. The number of carboxylic acid groups (broad SMARTS) is 1. The van der Waals surface area contributed by atoms with E-state index >= 15 is 0 Å². The monoisotopic (exact) mass is 560 g/mol. The van der Waals surface area contributed by atoms with E-state index in [0.29, 0.717) is 49.5 Å². The number of ether oxygens (including phenoxy) is 2. The maximum Gasteiger partial charge on any atom is 0.339 e. The van der Waals surface area contributed by atoms with Crippen LogP contribution in [0.25, 0.3) is 0 Å². The van der Waals surface area contributed by atoms with Gasteiger partial charge in [-0.3, -0.25) is 4.90 Å². The third-order valence-corrected chi connectivity index (χ3v) is 7.35. The smallest absolute Gasteiger partial charge is 0.339 e. The minimum Gasteiger partial charge on any atom is -0.493 e. The Kier molecular flexibility index (Phi) is 10.6. The summed E-state index contributed by atoms with van der Waals surface area (Å²) in [5.41, 5.74) is 4.29. The fraction of sp³-hybridized carbons (Fsp3) is 0.485. The maximum absolute atomic E-state index is 11.9. The molecular formula is C33H44N4O4. The number of aryl methyl sites for hydroxylation is 3. The number of aromatic carboxylic acids is 1. The van der Waals surface area contributed by atoms with E-state index in [4.69, 9.17) is 14.5 Å². The van der Waals surface area contributed by atoms with Gasteiger partial charge in [0.05, 0.1) is 17.9 Å². The van der Waals surface area contributed by atoms with Crippen molar-refractivity contribution in [1.82, 2.24) is 14.9 Å². The molecule has 2 heterocycles. The molecule has 4 rings (SSSR count). The number of carbonyl (C=O) groups is 1. The van der Waals surface area contributed by atoms with Gasteiger partial charge in [-0.05, 0) is 66.5 Å². The standard InChI is InChI=1S/C33H44N4O4/c1-23(2)22-41-27-10-7-26(8-11-27)9-13-30-29(32(38)39)21-34-33(35-30)37-16-14-36(15-17-37)18-19-40-31-20-25(5)6-12-28(31)24(3)4/h6-8,10-12,20-21,23-24H,9,13-19,22H2,1-5H3,(H,38,39). The second-order valence-electron chi connectivity index (χ2n) is 11.6. The molecule has 1 fully saturated rings. The minimum atomic E-state index is -0.997. The second-order valence-corrected chi connectivity index (χ2v) is 11.6. The highest BCUT2D eigenvalue weighted by molar-refractivity contribution is 5.88. The van der Waals surface area contributed by atoms with Crippen molar-refractivity contribution in [2.45, 2.75) is 53.4 Å². The molecule has 8 nitrogen and oxygen atoms in total. The molecule has 0 saturated carbocycles. The number of carboxylic acids is 1. The second kappa shape index (κ2) is 14.3. The van der Waals surface area contributed by atoms with Gasteiger partial charge in [0.2, 0.25) is 5.95 Å². The first kappa shape index (κ1) is 30.3. The predicted octanol–water partition coefficient (Wildman–Crippen LogP) is 5.63. The van der Waals surface area contributed by atoms with E-state index in [9.17, 15) is 9.90 Å². The largest absolute Gasteiger partial charge is 0.493 e. The average Bonchev–Trinajstić information content (AvgIpc) is 2.95. The molecule has 2 aromatic carbocycles. The fourth-order valence-electron chi connectivity index (χ4n) is 4.91. The van der Waals surface area contributed by atoms with E-state index in [0.717, 1.165) is 49.8 Å². The van der Waals surface area contributed by atoms with E-state index in [1.165, 1.54) is 17.3 Å². The lowest BCUT2D eigenvalue weighted by molar-refractivity contribution is 0.0694. The summed E-state index contributed by atoms with van der Waals surface area (Å²) in [6.07, 6.45) is 2.67. The Morgan fingerprint density at radius 2 is 1.71 bits per heavy atom. The van der Waals surface area contributed by atoms with Gasteiger partial charge in [0.1, 0.15) is 18.1 Å². The summed E-state index contributed by atoms with van der Waals surface area (Å²) in [7, 11) is 0. The van der Waals surface area contributed by atoms with Gasteiger partial charge in [0, 0.05) is 38.9 Å². The number of benzene rings is 2. The predicted molar refractivity (Wildman–Crippen MR) is 163 cm³/mol. The molecule has 8 heteroatoms. The van der Waals surface area contributed by atoms with Crippen molar-refractivity contribution in [2.75, 3.05) is 50.8 Å². The topological polar surface area (TPSA) is 88.0 Å². The van der Waals surface area contributed by atoms with E-state index in [1.807, 2.05) is 24.3 Å². The van der Waals surface area contributed by atoms with Crippen LogP contribution in [0.3, 0.4) is 0 Å². The Labute approximate surface area is 244 Å². The molecule has 1 N–H and O–H groups in total. The van der Waals surface area contributed by atoms with E-state index < -0.39 is 5.97 Å². The van der Waals surface area contributed by atoms with Crippen molar-refractivity contribution in [1.29, 1.82) is 0 Å². The molecule has 0 bridgehead atoms. The molecule has 0 radical (unpaired) electrons. The molecule has 0 spiro atoms. The summed E-state index contributed by atoms with van der Waals surface area (Å²) in [6.45, 7) is 16.2. The third-order valence-electron chi connectivity index (χ3n) is 7.35. The molecule has 41 heavy (non-hydrogen) atoms. The number of rotatable bonds is 13. The van der Waals surface area contributed by atoms with Gasteiger partial charge in [-0.1, -0.05) is 52.0 Å². The molecule has 0 amide bonds. The molecule has 0 aliphatic carbocycles. The lowest BCUT2D eigenvalue weighted by Gasteiger charge is -2.34. The highest BCUT2D eigenvalue weighted by atomic mass is 16.5. The third kappa shape index (κ3) is 8.67. The van der Waals surface area contributed by atoms with Crippen LogP contribution in [-0.4, -0.2) is 71.9 Å². The lowest BCUT2D eigenvalue weighted by Crippen LogP contribution is -2.48. The lowest BCUT2D eigenvalue weighted by atomic mass is 10.0. The zero-order valence-electron chi connectivity index (χ0n) is 25.1. The molecule has 1 saturated heterocycles. The summed E-state index contributed by atoms with van der Waals surface area (Å²) in [5.74, 6) is 2.31. The average molecular weight is 561 g/mol. The van der Waals surface area contributed by atoms with Gasteiger partial charge in [0.15, 0.2) is 0 Å². The highest BCUT2D eigenvalue weighted by Gasteiger charge is 2.22. The van der Waals surface area contributed by atoms with E-state index in [1.54, 1.807) is 0 Å². The van der Waals surface area contributed by atoms with Crippen molar-refractivity contribution in [3.8, 4) is 11.5 Å². The van der Waals surface area contributed by atoms with Gasteiger partial charge < -0.3 is 19.5 Å². The Morgan fingerprint density at radius 3 is 2.37 bits per heavy atom. The fourth-order valence-corrected chi connectivity index (χ4v) is 4.91. The first-order valence-electron chi connectivity index (χ1n) is 14.7.